The highest BCUT2D eigenvalue weighted by atomic mass is 16.7. The number of fused-ring (bicyclic) bond motifs is 1. The number of aromatic hydroxyl groups is 1. The quantitative estimate of drug-likeness (QED) is 0.558. The maximum atomic E-state index is 13.6. The van der Waals surface area contributed by atoms with Crippen LogP contribution in [0.5, 0.6) is 11.5 Å². The van der Waals surface area contributed by atoms with Crippen molar-refractivity contribution in [3.63, 3.8) is 0 Å². The number of nitrogens with zero attached hydrogens (tertiary/aromatic N) is 2. The van der Waals surface area contributed by atoms with E-state index in [2.05, 4.69) is 0 Å². The number of carbonyl (C=O) groups excluding carboxylic acids is 2. The minimum atomic E-state index is -1.11. The van der Waals surface area contributed by atoms with Crippen molar-refractivity contribution in [3.8, 4) is 11.5 Å². The van der Waals surface area contributed by atoms with Crippen LogP contribution < -0.4 is 14.7 Å². The molecule has 3 aromatic rings. The van der Waals surface area contributed by atoms with Crippen molar-refractivity contribution >= 4 is 29.2 Å². The number of hydrogen-bond donors (Lipinski definition) is 2. The fourth-order valence-corrected chi connectivity index (χ4v) is 4.44. The van der Waals surface area contributed by atoms with Crippen LogP contribution in [0.15, 0.2) is 72.8 Å². The molecule has 9 nitrogen and oxygen atoms in total. The fraction of sp³-hybridized carbons (Fsp3) is 0.160. The van der Waals surface area contributed by atoms with Gasteiger partial charge in [-0.3, -0.25) is 14.4 Å². The highest BCUT2D eigenvalue weighted by molar-refractivity contribution is 6.24. The lowest BCUT2D eigenvalue weighted by atomic mass is 9.90. The highest BCUT2D eigenvalue weighted by Crippen LogP contribution is 2.48. The molecule has 2 amide bonds. The number of ether oxygens (including phenoxy) is 1. The number of hydrogen-bond acceptors (Lipinski definition) is 7. The number of carboxylic acid groups (broad SMARTS) is 1. The average Bonchev–Trinajstić information content (AvgIpc) is 3.36. The second-order valence-corrected chi connectivity index (χ2v) is 7.95. The van der Waals surface area contributed by atoms with Gasteiger partial charge in [0.05, 0.1) is 30.1 Å². The molecule has 2 fully saturated rings. The standard InChI is InChI=1S/C25H20N2O7/c1-33-19-13-15(9-12-18(19)28)21-20-22(34-27(21)17-5-3-2-4-6-17)24(30)26(23(20)29)16-10-7-14(8-11-16)25(31)32/h2-13,20-22,28H,1H3,(H,31,32)/t20-,21-,22-/m1/s1. The number of para-hydroxylation sites is 1. The first-order chi connectivity index (χ1) is 16.4. The number of carbonyl (C=O) groups is 3. The van der Waals surface area contributed by atoms with Crippen LogP contribution in [-0.4, -0.2) is 41.2 Å². The number of rotatable bonds is 5. The molecule has 2 aliphatic heterocycles. The Kier molecular flexibility index (Phi) is 5.18. The number of benzene rings is 3. The zero-order chi connectivity index (χ0) is 24.0. The molecule has 2 saturated heterocycles. The third-order valence-electron chi connectivity index (χ3n) is 6.04. The largest absolute Gasteiger partial charge is 0.504 e. The molecule has 0 radical (unpaired) electrons. The summed E-state index contributed by atoms with van der Waals surface area (Å²) in [5, 5.41) is 20.7. The van der Waals surface area contributed by atoms with Crippen LogP contribution in [0.4, 0.5) is 11.4 Å². The molecule has 34 heavy (non-hydrogen) atoms. The monoisotopic (exact) mass is 460 g/mol. The minimum Gasteiger partial charge on any atom is -0.504 e. The Morgan fingerprint density at radius 1 is 0.941 bits per heavy atom. The van der Waals surface area contributed by atoms with Gasteiger partial charge in [0.2, 0.25) is 5.91 Å². The summed E-state index contributed by atoms with van der Waals surface area (Å²) in [6.45, 7) is 0. The number of phenols is 1. The molecule has 9 heteroatoms. The van der Waals surface area contributed by atoms with Gasteiger partial charge in [-0.2, -0.15) is 0 Å². The summed E-state index contributed by atoms with van der Waals surface area (Å²) in [6.07, 6.45) is -1.07. The zero-order valence-corrected chi connectivity index (χ0v) is 18.0. The van der Waals surface area contributed by atoms with Gasteiger partial charge >= 0.3 is 5.97 Å². The first-order valence-corrected chi connectivity index (χ1v) is 10.5. The summed E-state index contributed by atoms with van der Waals surface area (Å²) in [7, 11) is 1.43. The molecule has 0 saturated carbocycles. The van der Waals surface area contributed by atoms with Gasteiger partial charge in [0.15, 0.2) is 17.6 Å². The van der Waals surface area contributed by atoms with E-state index in [1.807, 2.05) is 30.3 Å². The number of imide groups is 1. The second kappa shape index (κ2) is 8.20. The number of phenolic OH excluding ortho intramolecular Hbond substituents is 1. The van der Waals surface area contributed by atoms with Crippen molar-refractivity contribution in [2.24, 2.45) is 5.92 Å². The van der Waals surface area contributed by atoms with Crippen molar-refractivity contribution in [1.29, 1.82) is 0 Å². The Balaban J connectivity index is 1.57. The van der Waals surface area contributed by atoms with E-state index >= 15 is 0 Å². The molecule has 0 spiro atoms. The van der Waals surface area contributed by atoms with Crippen molar-refractivity contribution in [3.05, 3.63) is 83.9 Å². The minimum absolute atomic E-state index is 0.0450. The van der Waals surface area contributed by atoms with Crippen LogP contribution in [0.2, 0.25) is 0 Å². The van der Waals surface area contributed by atoms with Gasteiger partial charge in [-0.25, -0.2) is 14.8 Å². The number of amides is 2. The summed E-state index contributed by atoms with van der Waals surface area (Å²) in [5.74, 6) is -2.80. The van der Waals surface area contributed by atoms with E-state index in [1.165, 1.54) is 37.4 Å². The van der Waals surface area contributed by atoms with E-state index in [9.17, 15) is 19.5 Å². The van der Waals surface area contributed by atoms with Gasteiger partial charge in [0, 0.05) is 0 Å². The Hall–Kier alpha value is -4.37. The Labute approximate surface area is 194 Å². The number of anilines is 2. The normalized spacial score (nSPS) is 21.6. The molecule has 5 rings (SSSR count). The SMILES string of the molecule is COc1cc([C@@H]2[C@H]3C(=O)N(c4ccc(C(=O)O)cc4)C(=O)[C@@H]3ON2c2ccccc2)ccc1O. The molecule has 0 unspecified atom stereocenters. The molecule has 172 valence electrons. The van der Waals surface area contributed by atoms with Crippen LogP contribution in [0, 0.1) is 5.92 Å². The lowest BCUT2D eigenvalue weighted by Gasteiger charge is -2.29. The molecule has 0 bridgehead atoms. The molecule has 2 aliphatic rings. The topological polar surface area (TPSA) is 117 Å². The van der Waals surface area contributed by atoms with E-state index in [0.29, 0.717) is 11.3 Å². The Morgan fingerprint density at radius 3 is 2.29 bits per heavy atom. The highest BCUT2D eigenvalue weighted by Gasteiger charge is 2.60. The Morgan fingerprint density at radius 2 is 1.65 bits per heavy atom. The molecule has 2 heterocycles. The Bertz CT molecular complexity index is 1280. The van der Waals surface area contributed by atoms with E-state index < -0.39 is 35.8 Å². The maximum Gasteiger partial charge on any atom is 0.335 e. The summed E-state index contributed by atoms with van der Waals surface area (Å²) in [6, 6.07) is 18.7. The smallest absolute Gasteiger partial charge is 0.335 e. The van der Waals surface area contributed by atoms with Crippen LogP contribution >= 0.6 is 0 Å². The van der Waals surface area contributed by atoms with Crippen molar-refractivity contribution in [2.75, 3.05) is 17.1 Å². The third kappa shape index (κ3) is 3.34. The zero-order valence-electron chi connectivity index (χ0n) is 18.0. The van der Waals surface area contributed by atoms with Gasteiger partial charge in [-0.1, -0.05) is 24.3 Å². The number of hydroxylamine groups is 1. The van der Waals surface area contributed by atoms with Crippen molar-refractivity contribution in [2.45, 2.75) is 12.1 Å². The number of carboxylic acids is 1. The fourth-order valence-electron chi connectivity index (χ4n) is 4.44. The first kappa shape index (κ1) is 21.5. The van der Waals surface area contributed by atoms with Gasteiger partial charge < -0.3 is 14.9 Å². The maximum absolute atomic E-state index is 13.6. The van der Waals surface area contributed by atoms with Gasteiger partial charge in [-0.15, -0.1) is 0 Å². The van der Waals surface area contributed by atoms with Gasteiger partial charge in [-0.05, 0) is 54.1 Å². The predicted molar refractivity (Wildman–Crippen MR) is 121 cm³/mol. The number of methoxy groups -OCH3 is 1. The molecule has 0 aliphatic carbocycles. The number of aromatic carboxylic acids is 1. The summed E-state index contributed by atoms with van der Waals surface area (Å²) >= 11 is 0. The molecule has 3 aromatic carbocycles. The van der Waals surface area contributed by atoms with E-state index in [1.54, 1.807) is 17.2 Å². The summed E-state index contributed by atoms with van der Waals surface area (Å²) in [5.41, 5.74) is 1.59. The third-order valence-corrected chi connectivity index (χ3v) is 6.04. The van der Waals surface area contributed by atoms with Gasteiger partial charge in [0.25, 0.3) is 5.91 Å². The lowest BCUT2D eigenvalue weighted by Crippen LogP contribution is -2.37. The molecule has 0 aromatic heterocycles. The lowest BCUT2D eigenvalue weighted by molar-refractivity contribution is -0.126. The summed E-state index contributed by atoms with van der Waals surface area (Å²) in [4.78, 5) is 45.2. The van der Waals surface area contributed by atoms with Crippen molar-refractivity contribution < 1.29 is 34.2 Å². The van der Waals surface area contributed by atoms with E-state index in [4.69, 9.17) is 14.7 Å². The van der Waals surface area contributed by atoms with E-state index in [-0.39, 0.29) is 22.7 Å². The predicted octanol–water partition coefficient (Wildman–Crippen LogP) is 3.15. The van der Waals surface area contributed by atoms with Crippen LogP contribution in [0.1, 0.15) is 22.0 Å². The van der Waals surface area contributed by atoms with Crippen LogP contribution in [0.25, 0.3) is 0 Å². The summed E-state index contributed by atoms with van der Waals surface area (Å²) < 4.78 is 5.25. The molecular formula is C25H20N2O7. The first-order valence-electron chi connectivity index (χ1n) is 10.5. The van der Waals surface area contributed by atoms with Gasteiger partial charge in [0.1, 0.15) is 5.92 Å². The average molecular weight is 460 g/mol. The molecular weight excluding hydrogens is 440 g/mol. The second-order valence-electron chi connectivity index (χ2n) is 7.95. The molecule has 3 atom stereocenters. The molecule has 2 N–H and O–H groups in total. The van der Waals surface area contributed by atoms with Crippen LogP contribution in [0.3, 0.4) is 0 Å². The van der Waals surface area contributed by atoms with E-state index in [0.717, 1.165) is 4.90 Å². The van der Waals surface area contributed by atoms with Crippen molar-refractivity contribution in [1.82, 2.24) is 0 Å². The van der Waals surface area contributed by atoms with Crippen LogP contribution in [-0.2, 0) is 14.4 Å².